The zero-order valence-corrected chi connectivity index (χ0v) is 17.4. The Hall–Kier alpha value is -3.37. The Labute approximate surface area is 182 Å². The first-order valence-corrected chi connectivity index (χ1v) is 10.3. The zero-order chi connectivity index (χ0) is 21.8. The lowest BCUT2D eigenvalue weighted by Gasteiger charge is -2.34. The van der Waals surface area contributed by atoms with Gasteiger partial charge in [-0.1, -0.05) is 11.6 Å². The number of nitrogens with zero attached hydrogens (tertiary/aromatic N) is 4. The topological polar surface area (TPSA) is 115 Å². The number of amides is 3. The third kappa shape index (κ3) is 4.86. The quantitative estimate of drug-likeness (QED) is 0.549. The third-order valence-corrected chi connectivity index (χ3v) is 5.40. The molecule has 3 aromatic rings. The maximum absolute atomic E-state index is 12.9. The van der Waals surface area contributed by atoms with Crippen molar-refractivity contribution < 1.29 is 9.59 Å². The van der Waals surface area contributed by atoms with Crippen molar-refractivity contribution in [3.05, 3.63) is 63.8 Å². The van der Waals surface area contributed by atoms with Crippen LogP contribution >= 0.6 is 11.6 Å². The van der Waals surface area contributed by atoms with E-state index >= 15 is 0 Å². The molecule has 31 heavy (non-hydrogen) atoms. The van der Waals surface area contributed by atoms with Crippen molar-refractivity contribution in [3.8, 4) is 0 Å². The van der Waals surface area contributed by atoms with Gasteiger partial charge in [0.1, 0.15) is 5.52 Å². The first kappa shape index (κ1) is 20.9. The summed E-state index contributed by atoms with van der Waals surface area (Å²) in [6.07, 6.45) is 4.52. The van der Waals surface area contributed by atoms with E-state index in [2.05, 4.69) is 25.6 Å². The number of aromatic nitrogens is 3. The minimum absolute atomic E-state index is 0.202. The van der Waals surface area contributed by atoms with Crippen LogP contribution in [0.1, 0.15) is 10.4 Å². The van der Waals surface area contributed by atoms with Gasteiger partial charge in [0.15, 0.2) is 0 Å². The van der Waals surface area contributed by atoms with Crippen molar-refractivity contribution in [1.29, 1.82) is 0 Å². The standard InChI is InChI=1S/C20H22ClN7O3/c21-14-1-3-15(4-2-14)25-20(31)23-5-7-26-9-11-27(12-10-26)19(30)16-13-24-28-8-6-22-18(29)17(16)28/h1-4,6,8,13H,5,7,9-12H2,(H,22,29)(H2,23,25,31). The molecular weight excluding hydrogens is 422 g/mol. The normalized spacial score (nSPS) is 14.5. The van der Waals surface area contributed by atoms with E-state index in [-0.39, 0.29) is 23.0 Å². The number of H-pyrrole nitrogens is 1. The highest BCUT2D eigenvalue weighted by molar-refractivity contribution is 6.30. The Morgan fingerprint density at radius 2 is 1.87 bits per heavy atom. The second kappa shape index (κ2) is 9.19. The summed E-state index contributed by atoms with van der Waals surface area (Å²) in [5.41, 5.74) is 0.882. The van der Waals surface area contributed by atoms with Crippen LogP contribution in [0, 0.1) is 0 Å². The summed E-state index contributed by atoms with van der Waals surface area (Å²) in [7, 11) is 0. The van der Waals surface area contributed by atoms with Crippen LogP contribution in [-0.4, -0.2) is 75.6 Å². The van der Waals surface area contributed by atoms with Crippen LogP contribution in [0.4, 0.5) is 10.5 Å². The number of carbonyl (C=O) groups excluding carboxylic acids is 2. The Balaban J connectivity index is 1.23. The summed E-state index contributed by atoms with van der Waals surface area (Å²) in [6, 6.07) is 6.60. The van der Waals surface area contributed by atoms with Crippen LogP contribution in [-0.2, 0) is 0 Å². The molecule has 10 nitrogen and oxygen atoms in total. The number of carbonyl (C=O) groups is 2. The third-order valence-electron chi connectivity index (χ3n) is 5.15. The summed E-state index contributed by atoms with van der Waals surface area (Å²) in [4.78, 5) is 43.4. The number of hydrogen-bond donors (Lipinski definition) is 3. The highest BCUT2D eigenvalue weighted by atomic mass is 35.5. The van der Waals surface area contributed by atoms with E-state index in [1.807, 2.05) is 0 Å². The van der Waals surface area contributed by atoms with Crippen molar-refractivity contribution in [2.75, 3.05) is 44.6 Å². The zero-order valence-electron chi connectivity index (χ0n) is 16.7. The molecule has 11 heteroatoms. The number of fused-ring (bicyclic) bond motifs is 1. The lowest BCUT2D eigenvalue weighted by molar-refractivity contribution is 0.0641. The number of hydrogen-bond acceptors (Lipinski definition) is 5. The molecule has 3 amide bonds. The molecule has 1 saturated heterocycles. The number of anilines is 1. The number of urea groups is 1. The number of piperazine rings is 1. The Morgan fingerprint density at radius 1 is 1.13 bits per heavy atom. The largest absolute Gasteiger partial charge is 0.337 e. The predicted octanol–water partition coefficient (Wildman–Crippen LogP) is 1.26. The van der Waals surface area contributed by atoms with E-state index in [0.29, 0.717) is 55.5 Å². The SMILES string of the molecule is O=C(NCCN1CCN(C(=O)c2cnn3cc[nH]c(=O)c23)CC1)Nc1ccc(Cl)cc1. The number of benzene rings is 1. The van der Waals surface area contributed by atoms with Gasteiger partial charge in [-0.05, 0) is 24.3 Å². The molecule has 0 aliphatic carbocycles. The Kier molecular flexibility index (Phi) is 6.19. The molecule has 162 valence electrons. The van der Waals surface area contributed by atoms with Gasteiger partial charge in [0.2, 0.25) is 0 Å². The molecule has 0 bridgehead atoms. The van der Waals surface area contributed by atoms with Gasteiger partial charge in [-0.3, -0.25) is 14.5 Å². The van der Waals surface area contributed by atoms with Crippen molar-refractivity contribution in [2.45, 2.75) is 0 Å². The van der Waals surface area contributed by atoms with Crippen LogP contribution in [0.3, 0.4) is 0 Å². The lowest BCUT2D eigenvalue weighted by Crippen LogP contribution is -2.50. The summed E-state index contributed by atoms with van der Waals surface area (Å²) in [5.74, 6) is -0.202. The highest BCUT2D eigenvalue weighted by Crippen LogP contribution is 2.13. The molecule has 1 aliphatic heterocycles. The van der Waals surface area contributed by atoms with Crippen LogP contribution in [0.5, 0.6) is 0 Å². The second-order valence-electron chi connectivity index (χ2n) is 7.16. The average Bonchev–Trinajstić information content (AvgIpc) is 3.21. The molecule has 1 fully saturated rings. The van der Waals surface area contributed by atoms with Crippen molar-refractivity contribution in [1.82, 2.24) is 29.7 Å². The van der Waals surface area contributed by atoms with Crippen LogP contribution in [0.25, 0.3) is 5.52 Å². The summed E-state index contributed by atoms with van der Waals surface area (Å²) >= 11 is 5.83. The Bertz CT molecular complexity index is 1130. The monoisotopic (exact) mass is 443 g/mol. The lowest BCUT2D eigenvalue weighted by atomic mass is 10.2. The second-order valence-corrected chi connectivity index (χ2v) is 7.60. The van der Waals surface area contributed by atoms with E-state index in [0.717, 1.165) is 0 Å². The van der Waals surface area contributed by atoms with E-state index in [4.69, 9.17) is 11.6 Å². The van der Waals surface area contributed by atoms with Gasteiger partial charge in [0.05, 0.1) is 11.8 Å². The number of nitrogens with one attached hydrogen (secondary N) is 3. The summed E-state index contributed by atoms with van der Waals surface area (Å²) < 4.78 is 1.41. The van der Waals surface area contributed by atoms with E-state index in [1.54, 1.807) is 35.4 Å². The van der Waals surface area contributed by atoms with Gasteiger partial charge in [-0.2, -0.15) is 5.10 Å². The molecule has 4 rings (SSSR count). The maximum atomic E-state index is 12.9. The molecular formula is C20H22ClN7O3. The molecule has 0 radical (unpaired) electrons. The number of rotatable bonds is 5. The van der Waals surface area contributed by atoms with Gasteiger partial charge in [0.25, 0.3) is 11.5 Å². The van der Waals surface area contributed by atoms with E-state index in [1.165, 1.54) is 16.9 Å². The average molecular weight is 444 g/mol. The molecule has 3 heterocycles. The summed E-state index contributed by atoms with van der Waals surface area (Å²) in [6.45, 7) is 3.60. The van der Waals surface area contributed by atoms with Crippen molar-refractivity contribution in [3.63, 3.8) is 0 Å². The fraction of sp³-hybridized carbons (Fsp3) is 0.300. The van der Waals surface area contributed by atoms with Gasteiger partial charge >= 0.3 is 6.03 Å². The van der Waals surface area contributed by atoms with Gasteiger partial charge in [0, 0.05) is 62.4 Å². The van der Waals surface area contributed by atoms with E-state index < -0.39 is 0 Å². The molecule has 0 saturated carbocycles. The number of halogens is 1. The fourth-order valence-electron chi connectivity index (χ4n) is 3.49. The van der Waals surface area contributed by atoms with Crippen LogP contribution in [0.15, 0.2) is 47.7 Å². The summed E-state index contributed by atoms with van der Waals surface area (Å²) in [5, 5.41) is 10.3. The predicted molar refractivity (Wildman–Crippen MR) is 117 cm³/mol. The fourth-order valence-corrected chi connectivity index (χ4v) is 3.62. The minimum atomic E-state index is -0.343. The van der Waals surface area contributed by atoms with Gasteiger partial charge < -0.3 is 20.5 Å². The van der Waals surface area contributed by atoms with Crippen LogP contribution in [0.2, 0.25) is 5.02 Å². The van der Waals surface area contributed by atoms with E-state index in [9.17, 15) is 14.4 Å². The molecule has 0 unspecified atom stereocenters. The number of aromatic amines is 1. The van der Waals surface area contributed by atoms with Crippen molar-refractivity contribution >= 4 is 34.7 Å². The molecule has 0 spiro atoms. The van der Waals surface area contributed by atoms with Gasteiger partial charge in [-0.15, -0.1) is 0 Å². The first-order valence-electron chi connectivity index (χ1n) is 9.88. The van der Waals surface area contributed by atoms with Gasteiger partial charge in [-0.25, -0.2) is 9.31 Å². The van der Waals surface area contributed by atoms with Crippen molar-refractivity contribution in [2.24, 2.45) is 0 Å². The highest BCUT2D eigenvalue weighted by Gasteiger charge is 2.25. The maximum Gasteiger partial charge on any atom is 0.319 e. The Morgan fingerprint density at radius 3 is 2.61 bits per heavy atom. The molecule has 1 aromatic carbocycles. The first-order chi connectivity index (χ1) is 15.0. The van der Waals surface area contributed by atoms with Crippen LogP contribution < -0.4 is 16.2 Å². The molecule has 2 aromatic heterocycles. The molecule has 3 N–H and O–H groups in total. The minimum Gasteiger partial charge on any atom is -0.337 e. The smallest absolute Gasteiger partial charge is 0.319 e. The molecule has 0 atom stereocenters. The molecule has 1 aliphatic rings.